The maximum absolute atomic E-state index is 4.89. The molecule has 4 heteroatoms. The minimum Gasteiger partial charge on any atom is -0.300 e. The molecule has 1 aliphatic rings. The zero-order valence-corrected chi connectivity index (χ0v) is 13.2. The minimum absolute atomic E-state index is 0.546. The molecule has 0 radical (unpaired) electrons. The summed E-state index contributed by atoms with van der Waals surface area (Å²) >= 11 is 0. The van der Waals surface area contributed by atoms with Crippen molar-refractivity contribution in [3.8, 4) is 5.82 Å². The van der Waals surface area contributed by atoms with Gasteiger partial charge in [0.1, 0.15) is 11.6 Å². The van der Waals surface area contributed by atoms with E-state index < -0.39 is 0 Å². The van der Waals surface area contributed by atoms with Gasteiger partial charge in [-0.25, -0.2) is 9.97 Å². The number of aryl methyl sites for hydroxylation is 1. The lowest BCUT2D eigenvalue weighted by atomic mass is 9.93. The molecule has 1 saturated heterocycles. The van der Waals surface area contributed by atoms with Crippen LogP contribution in [0.15, 0.2) is 30.6 Å². The summed E-state index contributed by atoms with van der Waals surface area (Å²) in [5.74, 6) is 2.50. The molecule has 0 aromatic carbocycles. The van der Waals surface area contributed by atoms with E-state index in [4.69, 9.17) is 4.98 Å². The zero-order chi connectivity index (χ0) is 14.8. The fourth-order valence-electron chi connectivity index (χ4n) is 3.14. The number of nitrogens with zero attached hydrogens (tertiary/aromatic N) is 4. The number of aromatic nitrogens is 3. The maximum Gasteiger partial charge on any atom is 0.138 e. The molecule has 0 bridgehead atoms. The first kappa shape index (κ1) is 14.3. The Morgan fingerprint density at radius 2 is 2.14 bits per heavy atom. The Morgan fingerprint density at radius 1 is 1.29 bits per heavy atom. The van der Waals surface area contributed by atoms with Crippen LogP contribution in [0.1, 0.15) is 44.1 Å². The first-order valence-corrected chi connectivity index (χ1v) is 7.86. The van der Waals surface area contributed by atoms with Crippen molar-refractivity contribution in [1.82, 2.24) is 19.4 Å². The van der Waals surface area contributed by atoms with E-state index in [1.165, 1.54) is 25.1 Å². The van der Waals surface area contributed by atoms with Gasteiger partial charge in [-0.15, -0.1) is 0 Å². The van der Waals surface area contributed by atoms with Gasteiger partial charge < -0.3 is 4.90 Å². The Hall–Kier alpha value is -1.68. The third kappa shape index (κ3) is 3.00. The summed E-state index contributed by atoms with van der Waals surface area (Å²) in [7, 11) is 0. The van der Waals surface area contributed by atoms with Crippen LogP contribution in [-0.4, -0.2) is 38.6 Å². The van der Waals surface area contributed by atoms with E-state index in [-0.39, 0.29) is 0 Å². The monoisotopic (exact) mass is 284 g/mol. The van der Waals surface area contributed by atoms with Crippen LogP contribution >= 0.6 is 0 Å². The number of pyridine rings is 1. The van der Waals surface area contributed by atoms with Crippen LogP contribution in [0.3, 0.4) is 0 Å². The molecular formula is C17H24N4. The third-order valence-electron chi connectivity index (χ3n) is 4.43. The highest BCUT2D eigenvalue weighted by atomic mass is 15.2. The molecule has 3 rings (SSSR count). The highest BCUT2D eigenvalue weighted by molar-refractivity contribution is 5.28. The molecule has 0 saturated carbocycles. The van der Waals surface area contributed by atoms with E-state index in [1.54, 1.807) is 0 Å². The molecule has 0 spiro atoms. The maximum atomic E-state index is 4.89. The van der Waals surface area contributed by atoms with Crippen molar-refractivity contribution in [3.05, 3.63) is 42.1 Å². The molecule has 21 heavy (non-hydrogen) atoms. The Morgan fingerprint density at radius 3 is 2.86 bits per heavy atom. The number of piperidine rings is 1. The van der Waals surface area contributed by atoms with Crippen molar-refractivity contribution in [2.75, 3.05) is 13.1 Å². The van der Waals surface area contributed by atoms with Gasteiger partial charge in [-0.3, -0.25) is 4.57 Å². The minimum atomic E-state index is 0.546. The lowest BCUT2D eigenvalue weighted by Crippen LogP contribution is -2.39. The SMILES string of the molecule is Cc1nccn1-c1cccc([C@@H]2CCCN(C(C)C)C2)n1. The highest BCUT2D eigenvalue weighted by Gasteiger charge is 2.24. The van der Waals surface area contributed by atoms with E-state index in [9.17, 15) is 0 Å². The van der Waals surface area contributed by atoms with Crippen LogP contribution in [0.4, 0.5) is 0 Å². The largest absolute Gasteiger partial charge is 0.300 e. The molecule has 0 amide bonds. The average molecular weight is 284 g/mol. The van der Waals surface area contributed by atoms with Crippen molar-refractivity contribution in [2.24, 2.45) is 0 Å². The topological polar surface area (TPSA) is 34.0 Å². The van der Waals surface area contributed by atoms with Crippen molar-refractivity contribution < 1.29 is 0 Å². The van der Waals surface area contributed by atoms with E-state index in [1.807, 2.05) is 23.9 Å². The van der Waals surface area contributed by atoms with Crippen LogP contribution in [0.5, 0.6) is 0 Å². The third-order valence-corrected chi connectivity index (χ3v) is 4.43. The van der Waals surface area contributed by atoms with Crippen molar-refractivity contribution >= 4 is 0 Å². The number of likely N-dealkylation sites (tertiary alicyclic amines) is 1. The molecule has 3 heterocycles. The Kier molecular flexibility index (Phi) is 4.06. The molecule has 0 aliphatic carbocycles. The quantitative estimate of drug-likeness (QED) is 0.868. The van der Waals surface area contributed by atoms with Gasteiger partial charge in [0.2, 0.25) is 0 Å². The molecule has 1 atom stereocenters. The first-order chi connectivity index (χ1) is 10.1. The predicted octanol–water partition coefficient (Wildman–Crippen LogP) is 3.16. The van der Waals surface area contributed by atoms with Crippen molar-refractivity contribution in [2.45, 2.75) is 45.6 Å². The summed E-state index contributed by atoms with van der Waals surface area (Å²) in [6.07, 6.45) is 6.30. The molecule has 0 unspecified atom stereocenters. The van der Waals surface area contributed by atoms with E-state index in [0.29, 0.717) is 12.0 Å². The lowest BCUT2D eigenvalue weighted by molar-refractivity contribution is 0.166. The van der Waals surface area contributed by atoms with E-state index >= 15 is 0 Å². The van der Waals surface area contributed by atoms with E-state index in [0.717, 1.165) is 18.2 Å². The molecule has 1 fully saturated rings. The van der Waals surface area contributed by atoms with Gasteiger partial charge in [0.05, 0.1) is 0 Å². The van der Waals surface area contributed by atoms with Gasteiger partial charge >= 0.3 is 0 Å². The van der Waals surface area contributed by atoms with Gasteiger partial charge in [-0.1, -0.05) is 6.07 Å². The summed E-state index contributed by atoms with van der Waals surface area (Å²) in [4.78, 5) is 11.7. The average Bonchev–Trinajstić information content (AvgIpc) is 2.94. The Labute approximate surface area is 126 Å². The molecule has 1 aliphatic heterocycles. The molecule has 112 valence electrons. The smallest absolute Gasteiger partial charge is 0.138 e. The van der Waals surface area contributed by atoms with Crippen molar-refractivity contribution in [3.63, 3.8) is 0 Å². The summed E-state index contributed by atoms with van der Waals surface area (Å²) in [6.45, 7) is 8.91. The second kappa shape index (κ2) is 5.98. The Bertz CT molecular complexity index is 602. The standard InChI is InChI=1S/C17H24N4/c1-13(2)20-10-5-6-15(12-20)16-7-4-8-17(19-16)21-11-9-18-14(21)3/h4,7-9,11,13,15H,5-6,10,12H2,1-3H3/t15-/m1/s1. The molecule has 2 aromatic rings. The molecule has 0 N–H and O–H groups in total. The number of hydrogen-bond donors (Lipinski definition) is 0. The normalized spacial score (nSPS) is 20.1. The molecule has 2 aromatic heterocycles. The summed E-state index contributed by atoms with van der Waals surface area (Å²) < 4.78 is 2.05. The van der Waals surface area contributed by atoms with Gasteiger partial charge in [0.25, 0.3) is 0 Å². The number of imidazole rings is 1. The fourth-order valence-corrected chi connectivity index (χ4v) is 3.14. The summed E-state index contributed by atoms with van der Waals surface area (Å²) in [5.41, 5.74) is 1.21. The van der Waals surface area contributed by atoms with Gasteiger partial charge in [-0.2, -0.15) is 0 Å². The van der Waals surface area contributed by atoms with Crippen LogP contribution in [0.2, 0.25) is 0 Å². The van der Waals surface area contributed by atoms with Crippen LogP contribution < -0.4 is 0 Å². The number of hydrogen-bond acceptors (Lipinski definition) is 3. The predicted molar refractivity (Wildman–Crippen MR) is 84.8 cm³/mol. The second-order valence-electron chi connectivity index (χ2n) is 6.19. The number of rotatable bonds is 3. The molecule has 4 nitrogen and oxygen atoms in total. The highest BCUT2D eigenvalue weighted by Crippen LogP contribution is 2.27. The van der Waals surface area contributed by atoms with Crippen LogP contribution in [0, 0.1) is 6.92 Å². The van der Waals surface area contributed by atoms with Crippen LogP contribution in [-0.2, 0) is 0 Å². The van der Waals surface area contributed by atoms with Crippen molar-refractivity contribution in [1.29, 1.82) is 0 Å². The van der Waals surface area contributed by atoms with Gasteiger partial charge in [0, 0.05) is 36.6 Å². The summed E-state index contributed by atoms with van der Waals surface area (Å²) in [6, 6.07) is 6.96. The van der Waals surface area contributed by atoms with E-state index in [2.05, 4.69) is 41.9 Å². The summed E-state index contributed by atoms with van der Waals surface area (Å²) in [5, 5.41) is 0. The lowest BCUT2D eigenvalue weighted by Gasteiger charge is -2.35. The first-order valence-electron chi connectivity index (χ1n) is 7.86. The second-order valence-corrected chi connectivity index (χ2v) is 6.19. The fraction of sp³-hybridized carbons (Fsp3) is 0.529. The van der Waals surface area contributed by atoms with Gasteiger partial charge in [-0.05, 0) is 52.3 Å². The Balaban J connectivity index is 1.84. The van der Waals surface area contributed by atoms with Crippen LogP contribution in [0.25, 0.3) is 5.82 Å². The van der Waals surface area contributed by atoms with Gasteiger partial charge in [0.15, 0.2) is 0 Å². The molecular weight excluding hydrogens is 260 g/mol. The zero-order valence-electron chi connectivity index (χ0n) is 13.2.